The Morgan fingerprint density at radius 3 is 2.21 bits per heavy atom. The second kappa shape index (κ2) is 7.32. The fraction of sp³-hybridized carbons (Fsp3) is 0. The number of aromatic nitrogens is 3. The number of thiophene rings is 1. The Balaban J connectivity index is 1.61. The molecular formula is C32H16ClN3OS. The Morgan fingerprint density at radius 1 is 0.658 bits per heavy atom. The zero-order valence-corrected chi connectivity index (χ0v) is 21.3. The Bertz CT molecular complexity index is 2430. The number of nitrogens with zero attached hydrogens (tertiary/aromatic N) is 3. The molecule has 9 aromatic rings. The number of hydrogen-bond acceptors (Lipinski definition) is 4. The summed E-state index contributed by atoms with van der Waals surface area (Å²) in [6.45, 7) is 0. The third-order valence-electron chi connectivity index (χ3n) is 7.53. The van der Waals surface area contributed by atoms with Crippen LogP contribution in [0.2, 0.25) is 5.28 Å². The van der Waals surface area contributed by atoms with Gasteiger partial charge in [0.1, 0.15) is 11.1 Å². The van der Waals surface area contributed by atoms with Crippen molar-refractivity contribution in [2.24, 2.45) is 0 Å². The lowest BCUT2D eigenvalue weighted by Crippen LogP contribution is -2.00. The normalized spacial score (nSPS) is 12.3. The quantitative estimate of drug-likeness (QED) is 0.200. The van der Waals surface area contributed by atoms with Crippen molar-refractivity contribution in [3.05, 3.63) is 102 Å². The molecule has 0 aliphatic carbocycles. The van der Waals surface area contributed by atoms with Crippen LogP contribution in [0.5, 0.6) is 0 Å². The summed E-state index contributed by atoms with van der Waals surface area (Å²) in [5.74, 6) is 0.645. The third kappa shape index (κ3) is 2.55. The monoisotopic (exact) mass is 525 g/mol. The van der Waals surface area contributed by atoms with Crippen molar-refractivity contribution < 1.29 is 4.42 Å². The first-order chi connectivity index (χ1) is 18.8. The molecule has 4 nitrogen and oxygen atoms in total. The molecule has 0 spiro atoms. The standard InChI is InChI=1S/C32H16ClN3OS/c33-32-34-27-20-12-4-7-15-23(20)37-29(27)31(35-32)36-22-14-6-3-11-19(22)25-26-21-13-5-8-16-24(21)38-30(26)18-10-2-1-9-17(18)28(25)36/h1-16H. The van der Waals surface area contributed by atoms with Gasteiger partial charge in [0.2, 0.25) is 5.28 Å². The van der Waals surface area contributed by atoms with Crippen LogP contribution in [0.3, 0.4) is 0 Å². The zero-order valence-electron chi connectivity index (χ0n) is 19.8. The van der Waals surface area contributed by atoms with Crippen LogP contribution in [0.25, 0.3) is 80.6 Å². The van der Waals surface area contributed by atoms with Gasteiger partial charge in [-0.15, -0.1) is 11.3 Å². The highest BCUT2D eigenvalue weighted by Gasteiger charge is 2.25. The molecule has 38 heavy (non-hydrogen) atoms. The summed E-state index contributed by atoms with van der Waals surface area (Å²) in [4.78, 5) is 9.39. The summed E-state index contributed by atoms with van der Waals surface area (Å²) in [7, 11) is 0. The molecule has 5 aromatic carbocycles. The maximum Gasteiger partial charge on any atom is 0.225 e. The van der Waals surface area contributed by atoms with Crippen molar-refractivity contribution >= 4 is 97.8 Å². The molecular weight excluding hydrogens is 510 g/mol. The maximum absolute atomic E-state index is 6.60. The SMILES string of the molecule is Clc1nc(-n2c3ccccc3c3c4c5ccccc5sc4c4ccccc4c32)c2oc3ccccc3c2n1. The van der Waals surface area contributed by atoms with Crippen LogP contribution < -0.4 is 0 Å². The second-order valence-electron chi connectivity index (χ2n) is 9.52. The van der Waals surface area contributed by atoms with Gasteiger partial charge in [-0.05, 0) is 35.9 Å². The molecule has 0 unspecified atom stereocenters. The fourth-order valence-corrected chi connectivity index (χ4v) is 7.45. The smallest absolute Gasteiger partial charge is 0.225 e. The molecule has 0 atom stereocenters. The lowest BCUT2D eigenvalue weighted by Gasteiger charge is -2.10. The number of hydrogen-bond donors (Lipinski definition) is 0. The molecule has 6 heteroatoms. The van der Waals surface area contributed by atoms with E-state index in [1.54, 1.807) is 0 Å². The van der Waals surface area contributed by atoms with E-state index in [2.05, 4.69) is 82.3 Å². The van der Waals surface area contributed by atoms with Crippen molar-refractivity contribution in [3.63, 3.8) is 0 Å². The average molecular weight is 526 g/mol. The van der Waals surface area contributed by atoms with Gasteiger partial charge in [0.05, 0.1) is 11.0 Å². The average Bonchev–Trinajstić information content (AvgIpc) is 3.63. The summed E-state index contributed by atoms with van der Waals surface area (Å²) < 4.78 is 11.2. The van der Waals surface area contributed by atoms with Gasteiger partial charge in [-0.3, -0.25) is 4.57 Å². The van der Waals surface area contributed by atoms with E-state index in [4.69, 9.17) is 21.0 Å². The summed E-state index contributed by atoms with van der Waals surface area (Å²) in [5, 5.41) is 8.42. The van der Waals surface area contributed by atoms with E-state index >= 15 is 0 Å². The molecule has 0 aliphatic rings. The van der Waals surface area contributed by atoms with E-state index in [1.165, 1.54) is 36.3 Å². The van der Waals surface area contributed by atoms with Crippen molar-refractivity contribution in [1.29, 1.82) is 0 Å². The number of rotatable bonds is 1. The maximum atomic E-state index is 6.60. The van der Waals surface area contributed by atoms with E-state index in [0.717, 1.165) is 27.4 Å². The number of fused-ring (bicyclic) bond motifs is 13. The molecule has 4 aromatic heterocycles. The molecule has 4 heterocycles. The van der Waals surface area contributed by atoms with Gasteiger partial charge >= 0.3 is 0 Å². The van der Waals surface area contributed by atoms with Gasteiger partial charge in [-0.1, -0.05) is 72.8 Å². The van der Waals surface area contributed by atoms with Gasteiger partial charge in [-0.2, -0.15) is 4.98 Å². The lowest BCUT2D eigenvalue weighted by molar-refractivity contribution is 0.662. The highest BCUT2D eigenvalue weighted by atomic mass is 35.5. The number of para-hydroxylation sites is 2. The minimum atomic E-state index is 0.191. The fourth-order valence-electron chi connectivity index (χ4n) is 6.04. The van der Waals surface area contributed by atoms with E-state index in [-0.39, 0.29) is 5.28 Å². The van der Waals surface area contributed by atoms with Crippen LogP contribution in [0, 0.1) is 0 Å². The van der Waals surface area contributed by atoms with Gasteiger partial charge < -0.3 is 4.42 Å². The van der Waals surface area contributed by atoms with Crippen LogP contribution in [0.15, 0.2) is 101 Å². The van der Waals surface area contributed by atoms with E-state index in [0.29, 0.717) is 16.9 Å². The molecule has 178 valence electrons. The predicted molar refractivity (Wildman–Crippen MR) is 159 cm³/mol. The van der Waals surface area contributed by atoms with Crippen LogP contribution >= 0.6 is 22.9 Å². The van der Waals surface area contributed by atoms with E-state index in [1.807, 2.05) is 35.6 Å². The summed E-state index contributed by atoms with van der Waals surface area (Å²) >= 11 is 8.45. The van der Waals surface area contributed by atoms with Crippen LogP contribution in [-0.2, 0) is 0 Å². The number of halogens is 1. The number of furan rings is 1. The summed E-state index contributed by atoms with van der Waals surface area (Å²) in [6.07, 6.45) is 0. The Kier molecular flexibility index (Phi) is 3.96. The third-order valence-corrected chi connectivity index (χ3v) is 8.91. The van der Waals surface area contributed by atoms with Crippen LogP contribution in [0.4, 0.5) is 0 Å². The Morgan fingerprint density at radius 2 is 1.34 bits per heavy atom. The molecule has 9 rings (SSSR count). The molecule has 0 fully saturated rings. The Hall–Kier alpha value is -4.45. The first-order valence-electron chi connectivity index (χ1n) is 12.4. The van der Waals surface area contributed by atoms with Gasteiger partial charge in [0.25, 0.3) is 0 Å². The number of benzene rings is 5. The first-order valence-corrected chi connectivity index (χ1v) is 13.6. The minimum absolute atomic E-state index is 0.191. The van der Waals surface area contributed by atoms with Crippen molar-refractivity contribution in [1.82, 2.24) is 14.5 Å². The van der Waals surface area contributed by atoms with Crippen molar-refractivity contribution in [3.8, 4) is 5.82 Å². The molecule has 0 aliphatic heterocycles. The second-order valence-corrected chi connectivity index (χ2v) is 10.9. The lowest BCUT2D eigenvalue weighted by atomic mass is 10.00. The summed E-state index contributed by atoms with van der Waals surface area (Å²) in [6, 6.07) is 33.8. The topological polar surface area (TPSA) is 43.9 Å². The molecule has 0 radical (unpaired) electrons. The Labute approximate surface area is 224 Å². The van der Waals surface area contributed by atoms with E-state index in [9.17, 15) is 0 Å². The molecule has 0 N–H and O–H groups in total. The van der Waals surface area contributed by atoms with E-state index < -0.39 is 0 Å². The van der Waals surface area contributed by atoms with Crippen molar-refractivity contribution in [2.45, 2.75) is 0 Å². The van der Waals surface area contributed by atoms with Gasteiger partial charge in [-0.25, -0.2) is 4.98 Å². The molecule has 0 saturated heterocycles. The van der Waals surface area contributed by atoms with Crippen molar-refractivity contribution in [2.75, 3.05) is 0 Å². The highest BCUT2D eigenvalue weighted by molar-refractivity contribution is 7.27. The van der Waals surface area contributed by atoms with Gasteiger partial charge in [0.15, 0.2) is 11.4 Å². The summed E-state index contributed by atoms with van der Waals surface area (Å²) in [5.41, 5.74) is 4.24. The predicted octanol–water partition coefficient (Wildman–Crippen LogP) is 9.65. The van der Waals surface area contributed by atoms with Crippen LogP contribution in [-0.4, -0.2) is 14.5 Å². The zero-order chi connectivity index (χ0) is 25.0. The first kappa shape index (κ1) is 20.6. The highest BCUT2D eigenvalue weighted by Crippen LogP contribution is 2.48. The van der Waals surface area contributed by atoms with Gasteiger partial charge in [0, 0.05) is 47.1 Å². The largest absolute Gasteiger partial charge is 0.450 e. The van der Waals surface area contributed by atoms with Crippen LogP contribution in [0.1, 0.15) is 0 Å². The minimum Gasteiger partial charge on any atom is -0.450 e. The molecule has 0 bridgehead atoms. The molecule has 0 amide bonds. The molecule has 0 saturated carbocycles.